The Bertz CT molecular complexity index is 1110. The van der Waals surface area contributed by atoms with Crippen LogP contribution in [0.1, 0.15) is 57.1 Å². The van der Waals surface area contributed by atoms with Gasteiger partial charge >= 0.3 is 63.7 Å². The van der Waals surface area contributed by atoms with Crippen LogP contribution in [0.5, 0.6) is 5.88 Å². The molecular formula is C30H40F4KN4O5-. The SMILES string of the molecule is COC(CF)CN(CCCC[C-]=C/C=C1\[CH-]NCCC1)CCC(NC(=O)C1(c2cccc(OC(F)(F)F)n2)CC1)C(=O)O.[K+]. The van der Waals surface area contributed by atoms with Crippen molar-refractivity contribution in [2.24, 2.45) is 0 Å². The van der Waals surface area contributed by atoms with Gasteiger partial charge < -0.3 is 30.1 Å². The largest absolute Gasteiger partial charge is 1.00 e. The van der Waals surface area contributed by atoms with Crippen molar-refractivity contribution in [3.05, 3.63) is 54.2 Å². The Labute approximate surface area is 298 Å². The number of aliphatic carboxylic acids is 1. The predicted molar refractivity (Wildman–Crippen MR) is 151 cm³/mol. The molecule has 2 aliphatic rings. The maximum atomic E-state index is 13.4. The Morgan fingerprint density at radius 3 is 2.68 bits per heavy atom. The second-order valence-electron chi connectivity index (χ2n) is 10.7. The number of carbonyl (C=O) groups excluding carboxylic acids is 1. The van der Waals surface area contributed by atoms with E-state index in [4.69, 9.17) is 4.74 Å². The number of unbranched alkanes of at least 4 members (excludes halogenated alkanes) is 2. The molecule has 1 aliphatic heterocycles. The number of pyridine rings is 1. The molecule has 0 spiro atoms. The summed E-state index contributed by atoms with van der Waals surface area (Å²) in [5.41, 5.74) is 0.0906. The van der Waals surface area contributed by atoms with Gasteiger partial charge in [-0.25, -0.2) is 31.9 Å². The van der Waals surface area contributed by atoms with Crippen molar-refractivity contribution >= 4 is 11.9 Å². The monoisotopic (exact) mass is 651 g/mol. The molecule has 44 heavy (non-hydrogen) atoms. The fraction of sp³-hybridized carbons (Fsp3) is 0.600. The summed E-state index contributed by atoms with van der Waals surface area (Å²) in [6.07, 6.45) is 6.73. The minimum absolute atomic E-state index is 0. The van der Waals surface area contributed by atoms with E-state index in [0.29, 0.717) is 19.4 Å². The quantitative estimate of drug-likeness (QED) is 0.0942. The zero-order valence-electron chi connectivity index (χ0n) is 25.3. The summed E-state index contributed by atoms with van der Waals surface area (Å²) in [5.74, 6) is -2.57. The fourth-order valence-electron chi connectivity index (χ4n) is 4.83. The molecule has 3 N–H and O–H groups in total. The van der Waals surface area contributed by atoms with Crippen LogP contribution in [0.2, 0.25) is 0 Å². The van der Waals surface area contributed by atoms with Crippen LogP contribution < -0.4 is 66.8 Å². The molecule has 3 rings (SSSR count). The van der Waals surface area contributed by atoms with Crippen LogP contribution in [0.25, 0.3) is 0 Å². The molecule has 2 heterocycles. The molecule has 0 radical (unpaired) electrons. The molecule has 9 nitrogen and oxygen atoms in total. The van der Waals surface area contributed by atoms with Gasteiger partial charge in [0.1, 0.15) is 12.7 Å². The van der Waals surface area contributed by atoms with Gasteiger partial charge in [-0.2, -0.15) is 6.54 Å². The van der Waals surface area contributed by atoms with Gasteiger partial charge in [0.05, 0.1) is 17.2 Å². The van der Waals surface area contributed by atoms with Gasteiger partial charge in [0.25, 0.3) is 0 Å². The minimum atomic E-state index is -4.94. The van der Waals surface area contributed by atoms with Gasteiger partial charge in [-0.1, -0.05) is 18.9 Å². The van der Waals surface area contributed by atoms with Crippen molar-refractivity contribution in [3.8, 4) is 5.88 Å². The van der Waals surface area contributed by atoms with Crippen molar-refractivity contribution < 1.29 is 93.1 Å². The van der Waals surface area contributed by atoms with Crippen molar-refractivity contribution in [3.63, 3.8) is 0 Å². The predicted octanol–water partition coefficient (Wildman–Crippen LogP) is 1.26. The van der Waals surface area contributed by atoms with Crippen molar-refractivity contribution in [2.75, 3.05) is 40.0 Å². The second-order valence-corrected chi connectivity index (χ2v) is 10.7. The van der Waals surface area contributed by atoms with Gasteiger partial charge in [0.2, 0.25) is 11.8 Å². The third-order valence-corrected chi connectivity index (χ3v) is 7.46. The first kappa shape index (κ1) is 38.7. The van der Waals surface area contributed by atoms with Crippen LogP contribution in [-0.4, -0.2) is 85.3 Å². The zero-order chi connectivity index (χ0) is 31.3. The summed E-state index contributed by atoms with van der Waals surface area (Å²) in [7, 11) is 1.41. The number of allylic oxidation sites excluding steroid dienone is 3. The summed E-state index contributed by atoms with van der Waals surface area (Å²) in [6.45, 7) is 3.38. The first-order valence-corrected chi connectivity index (χ1v) is 14.5. The van der Waals surface area contributed by atoms with E-state index in [0.717, 1.165) is 44.7 Å². The molecule has 2 unspecified atom stereocenters. The zero-order valence-corrected chi connectivity index (χ0v) is 28.4. The Morgan fingerprint density at radius 1 is 1.30 bits per heavy atom. The van der Waals surface area contributed by atoms with Gasteiger partial charge in [0, 0.05) is 26.3 Å². The maximum Gasteiger partial charge on any atom is 1.00 e. The van der Waals surface area contributed by atoms with E-state index in [1.165, 1.54) is 24.8 Å². The van der Waals surface area contributed by atoms with Crippen LogP contribution in [0.4, 0.5) is 17.6 Å². The summed E-state index contributed by atoms with van der Waals surface area (Å²) >= 11 is 0. The Hall–Kier alpha value is -1.52. The van der Waals surface area contributed by atoms with Gasteiger partial charge in [-0.15, -0.1) is 19.6 Å². The van der Waals surface area contributed by atoms with Crippen LogP contribution in [0.3, 0.4) is 0 Å². The molecule has 1 aromatic heterocycles. The molecule has 1 aliphatic carbocycles. The fourth-order valence-corrected chi connectivity index (χ4v) is 4.83. The number of hydrogen-bond donors (Lipinski definition) is 3. The molecular weight excluding hydrogens is 611 g/mol. The van der Waals surface area contributed by atoms with E-state index in [2.05, 4.69) is 26.4 Å². The number of methoxy groups -OCH3 is 1. The molecule has 0 aromatic carbocycles. The summed E-state index contributed by atoms with van der Waals surface area (Å²) in [6, 6.07) is 2.50. The van der Waals surface area contributed by atoms with E-state index < -0.39 is 48.4 Å². The van der Waals surface area contributed by atoms with Crippen molar-refractivity contribution in [2.45, 2.75) is 75.3 Å². The van der Waals surface area contributed by atoms with E-state index in [-0.39, 0.29) is 76.6 Å². The number of piperidine rings is 1. The molecule has 1 amide bonds. The number of carbonyl (C=O) groups is 2. The number of aromatic nitrogens is 1. The van der Waals surface area contributed by atoms with E-state index >= 15 is 0 Å². The third kappa shape index (κ3) is 13.1. The average molecular weight is 652 g/mol. The van der Waals surface area contributed by atoms with Gasteiger partial charge in [-0.05, 0) is 51.3 Å². The maximum absolute atomic E-state index is 13.4. The molecule has 0 bridgehead atoms. The van der Waals surface area contributed by atoms with Crippen LogP contribution in [0, 0.1) is 12.6 Å². The number of ether oxygens (including phenoxy) is 2. The smallest absolute Gasteiger partial charge is 0.480 e. The van der Waals surface area contributed by atoms with Crippen LogP contribution in [-0.2, 0) is 19.7 Å². The molecule has 1 aromatic rings. The number of rotatable bonds is 18. The number of carboxylic acids is 1. The summed E-state index contributed by atoms with van der Waals surface area (Å²) < 4.78 is 60.4. The van der Waals surface area contributed by atoms with E-state index in [9.17, 15) is 32.3 Å². The average Bonchev–Trinajstić information content (AvgIpc) is 3.79. The number of carboxylic acid groups (broad SMARTS) is 1. The van der Waals surface area contributed by atoms with Crippen molar-refractivity contribution in [1.29, 1.82) is 0 Å². The standard InChI is InChI=1S/C30H40F4N4O5.K/c1-42-23(19-31)21-38(17-6-4-2-3-5-9-22-10-8-16-35-20-22)18-13-24(27(39)40)36-28(41)29(14-15-29)25-11-7-12-26(37-25)43-30(32,33)34;/h5,7,9,11-12,20,23-24,35H,2,4,6,8,10,13-19,21H2,1H3,(H,36,41)(H,39,40);/q-2;+1/b22-9-;. The molecule has 14 heteroatoms. The first-order chi connectivity index (χ1) is 20.6. The van der Waals surface area contributed by atoms with Gasteiger partial charge in [-0.3, -0.25) is 10.9 Å². The first-order valence-electron chi connectivity index (χ1n) is 14.5. The van der Waals surface area contributed by atoms with Crippen LogP contribution >= 0.6 is 0 Å². The summed E-state index contributed by atoms with van der Waals surface area (Å²) in [5, 5.41) is 15.6. The Balaban J connectivity index is 0.00000675. The molecule has 1 saturated carbocycles. The minimum Gasteiger partial charge on any atom is -0.480 e. The third-order valence-electron chi connectivity index (χ3n) is 7.46. The number of hydrogen-bond acceptors (Lipinski definition) is 7. The second kappa shape index (κ2) is 19.2. The Kier molecular flexibility index (Phi) is 16.9. The van der Waals surface area contributed by atoms with Crippen molar-refractivity contribution in [1.82, 2.24) is 20.5 Å². The van der Waals surface area contributed by atoms with E-state index in [1.807, 2.05) is 23.6 Å². The number of nitrogens with one attached hydrogen (secondary N) is 2. The summed E-state index contributed by atoms with van der Waals surface area (Å²) in [4.78, 5) is 31.0. The number of alkyl halides is 4. The number of nitrogens with zero attached hydrogens (tertiary/aromatic N) is 2. The molecule has 2 atom stereocenters. The van der Waals surface area contributed by atoms with Crippen LogP contribution in [0.15, 0.2) is 35.9 Å². The normalized spacial score (nSPS) is 18.4. The molecule has 1 saturated heterocycles. The number of amides is 1. The van der Waals surface area contributed by atoms with E-state index in [1.54, 1.807) is 0 Å². The Morgan fingerprint density at radius 2 is 2.07 bits per heavy atom. The van der Waals surface area contributed by atoms with Gasteiger partial charge in [0.15, 0.2) is 0 Å². The number of halogens is 4. The molecule has 2 fully saturated rings. The molecule has 240 valence electrons. The topological polar surface area (TPSA) is 113 Å².